The van der Waals surface area contributed by atoms with Gasteiger partial charge in [-0.25, -0.2) is 9.78 Å². The van der Waals surface area contributed by atoms with Crippen molar-refractivity contribution < 1.29 is 19.1 Å². The monoisotopic (exact) mass is 396 g/mol. The second-order valence-electron chi connectivity index (χ2n) is 5.88. The van der Waals surface area contributed by atoms with E-state index in [4.69, 9.17) is 21.1 Å². The fourth-order valence-corrected chi connectivity index (χ4v) is 2.52. The Kier molecular flexibility index (Phi) is 6.24. The van der Waals surface area contributed by atoms with Crippen LogP contribution in [-0.2, 0) is 9.53 Å². The van der Waals surface area contributed by atoms with Gasteiger partial charge in [-0.1, -0.05) is 41.4 Å². The number of hydrogen-bond acceptors (Lipinski definition) is 5. The van der Waals surface area contributed by atoms with Crippen LogP contribution < -0.4 is 10.1 Å². The molecular weight excluding hydrogens is 380 g/mol. The molecule has 1 amide bonds. The maximum absolute atomic E-state index is 12.2. The highest BCUT2D eigenvalue weighted by atomic mass is 35.5. The summed E-state index contributed by atoms with van der Waals surface area (Å²) >= 11 is 5.84. The Labute approximate surface area is 167 Å². The van der Waals surface area contributed by atoms with E-state index in [0.717, 1.165) is 5.56 Å². The molecule has 2 aromatic carbocycles. The largest absolute Gasteiger partial charge is 0.455 e. The van der Waals surface area contributed by atoms with E-state index in [1.54, 1.807) is 30.3 Å². The number of para-hydroxylation sites is 2. The Bertz CT molecular complexity index is 990. The van der Waals surface area contributed by atoms with E-state index in [9.17, 15) is 9.59 Å². The maximum atomic E-state index is 12.2. The van der Waals surface area contributed by atoms with Gasteiger partial charge in [-0.3, -0.25) is 4.79 Å². The number of carbonyl (C=O) groups excluding carboxylic acids is 2. The van der Waals surface area contributed by atoms with Crippen molar-refractivity contribution in [1.29, 1.82) is 0 Å². The first-order valence-corrected chi connectivity index (χ1v) is 8.82. The lowest BCUT2D eigenvalue weighted by Gasteiger charge is -2.12. The highest BCUT2D eigenvalue weighted by molar-refractivity contribution is 6.32. The first-order chi connectivity index (χ1) is 13.5. The molecule has 0 atom stereocenters. The predicted octanol–water partition coefficient (Wildman–Crippen LogP) is 4.63. The predicted molar refractivity (Wildman–Crippen MR) is 106 cm³/mol. The van der Waals surface area contributed by atoms with Gasteiger partial charge in [0, 0.05) is 6.20 Å². The van der Waals surface area contributed by atoms with E-state index < -0.39 is 18.5 Å². The number of nitrogens with zero attached hydrogens (tertiary/aromatic N) is 1. The third kappa shape index (κ3) is 5.08. The van der Waals surface area contributed by atoms with E-state index in [1.807, 2.05) is 31.2 Å². The number of pyridine rings is 1. The zero-order valence-corrected chi connectivity index (χ0v) is 15.8. The molecule has 1 N–H and O–H groups in total. The topological polar surface area (TPSA) is 77.5 Å². The minimum absolute atomic E-state index is 0.0183. The molecule has 0 bridgehead atoms. The summed E-state index contributed by atoms with van der Waals surface area (Å²) in [4.78, 5) is 28.0. The van der Waals surface area contributed by atoms with Gasteiger partial charge >= 0.3 is 5.97 Å². The Morgan fingerprint density at radius 2 is 1.79 bits per heavy atom. The number of hydrogen-bond donors (Lipinski definition) is 1. The Balaban J connectivity index is 1.62. The Morgan fingerprint density at radius 1 is 1.04 bits per heavy atom. The molecule has 1 aromatic heterocycles. The average Bonchev–Trinajstić information content (AvgIpc) is 2.70. The van der Waals surface area contributed by atoms with Crippen molar-refractivity contribution in [2.24, 2.45) is 0 Å². The molecule has 28 heavy (non-hydrogen) atoms. The zero-order valence-electron chi connectivity index (χ0n) is 15.0. The molecular formula is C21H17ClN2O4. The summed E-state index contributed by atoms with van der Waals surface area (Å²) in [5.74, 6) is -0.114. The van der Waals surface area contributed by atoms with Crippen molar-refractivity contribution in [2.75, 3.05) is 11.9 Å². The first kappa shape index (κ1) is 19.4. The highest BCUT2D eigenvalue weighted by Crippen LogP contribution is 2.29. The van der Waals surface area contributed by atoms with E-state index in [-0.39, 0.29) is 10.7 Å². The summed E-state index contributed by atoms with van der Waals surface area (Å²) in [7, 11) is 0. The van der Waals surface area contributed by atoms with Gasteiger partial charge in [0.2, 0.25) is 0 Å². The lowest BCUT2D eigenvalue weighted by Crippen LogP contribution is -2.21. The number of aryl methyl sites for hydroxylation is 1. The molecule has 0 radical (unpaired) electrons. The number of aromatic nitrogens is 1. The standard InChI is InChI=1S/C21H17ClN2O4/c1-14-8-10-15(11-9-14)28-18-7-3-2-6-17(18)24-19(25)13-27-21(26)16-5-4-12-23-20(16)22/h2-12H,13H2,1H3,(H,24,25). The molecule has 0 aliphatic carbocycles. The quantitative estimate of drug-likeness (QED) is 0.485. The van der Waals surface area contributed by atoms with Gasteiger partial charge < -0.3 is 14.8 Å². The third-order valence-corrected chi connectivity index (χ3v) is 4.02. The molecule has 0 unspecified atom stereocenters. The van der Waals surface area contributed by atoms with E-state index >= 15 is 0 Å². The van der Waals surface area contributed by atoms with Gasteiger partial charge in [-0.15, -0.1) is 0 Å². The van der Waals surface area contributed by atoms with E-state index in [2.05, 4.69) is 10.3 Å². The van der Waals surface area contributed by atoms with Crippen LogP contribution in [0, 0.1) is 6.92 Å². The summed E-state index contributed by atoms with van der Waals surface area (Å²) in [5.41, 5.74) is 1.67. The molecule has 0 fully saturated rings. The number of anilines is 1. The fourth-order valence-electron chi connectivity index (χ4n) is 2.33. The highest BCUT2D eigenvalue weighted by Gasteiger charge is 2.15. The summed E-state index contributed by atoms with van der Waals surface area (Å²) in [6.07, 6.45) is 1.46. The van der Waals surface area contributed by atoms with Gasteiger partial charge in [-0.2, -0.15) is 0 Å². The van der Waals surface area contributed by atoms with Crippen LogP contribution in [-0.4, -0.2) is 23.5 Å². The van der Waals surface area contributed by atoms with Crippen molar-refractivity contribution in [1.82, 2.24) is 4.98 Å². The second kappa shape index (κ2) is 9.01. The third-order valence-electron chi connectivity index (χ3n) is 3.72. The average molecular weight is 397 g/mol. The number of nitrogens with one attached hydrogen (secondary N) is 1. The molecule has 0 spiro atoms. The summed E-state index contributed by atoms with van der Waals surface area (Å²) in [6, 6.07) is 17.6. The first-order valence-electron chi connectivity index (χ1n) is 8.44. The molecule has 3 rings (SSSR count). The number of esters is 1. The van der Waals surface area contributed by atoms with Crippen molar-refractivity contribution in [2.45, 2.75) is 6.92 Å². The van der Waals surface area contributed by atoms with Crippen LogP contribution in [0.25, 0.3) is 0 Å². The van der Waals surface area contributed by atoms with Gasteiger partial charge in [0.15, 0.2) is 12.4 Å². The molecule has 3 aromatic rings. The number of ether oxygens (including phenoxy) is 2. The minimum atomic E-state index is -0.725. The number of rotatable bonds is 6. The molecule has 0 aliphatic heterocycles. The normalized spacial score (nSPS) is 10.2. The molecule has 7 heteroatoms. The van der Waals surface area contributed by atoms with Crippen LogP contribution in [0.4, 0.5) is 5.69 Å². The second-order valence-corrected chi connectivity index (χ2v) is 6.24. The van der Waals surface area contributed by atoms with E-state index in [1.165, 1.54) is 12.3 Å². The van der Waals surface area contributed by atoms with Gasteiger partial charge in [0.05, 0.1) is 11.3 Å². The van der Waals surface area contributed by atoms with Crippen molar-refractivity contribution in [3.8, 4) is 11.5 Å². The lowest BCUT2D eigenvalue weighted by atomic mass is 10.2. The molecule has 142 valence electrons. The summed E-state index contributed by atoms with van der Waals surface area (Å²) < 4.78 is 10.8. The van der Waals surface area contributed by atoms with Crippen LogP contribution in [0.5, 0.6) is 11.5 Å². The van der Waals surface area contributed by atoms with Crippen LogP contribution in [0.1, 0.15) is 15.9 Å². The minimum Gasteiger partial charge on any atom is -0.455 e. The maximum Gasteiger partial charge on any atom is 0.341 e. The molecule has 6 nitrogen and oxygen atoms in total. The van der Waals surface area contributed by atoms with Crippen molar-refractivity contribution >= 4 is 29.2 Å². The Hall–Kier alpha value is -3.38. The fraction of sp³-hybridized carbons (Fsp3) is 0.0952. The molecule has 0 saturated heterocycles. The number of carbonyl (C=O) groups is 2. The van der Waals surface area contributed by atoms with Crippen LogP contribution in [0.15, 0.2) is 66.9 Å². The number of halogens is 1. The van der Waals surface area contributed by atoms with Crippen LogP contribution >= 0.6 is 11.6 Å². The number of benzene rings is 2. The van der Waals surface area contributed by atoms with Gasteiger partial charge in [-0.05, 0) is 43.3 Å². The van der Waals surface area contributed by atoms with Crippen LogP contribution in [0.2, 0.25) is 5.15 Å². The smallest absolute Gasteiger partial charge is 0.341 e. The summed E-state index contributed by atoms with van der Waals surface area (Å²) in [5, 5.41) is 2.69. The van der Waals surface area contributed by atoms with E-state index in [0.29, 0.717) is 17.2 Å². The molecule has 0 aliphatic rings. The van der Waals surface area contributed by atoms with Gasteiger partial charge in [0.25, 0.3) is 5.91 Å². The summed E-state index contributed by atoms with van der Waals surface area (Å²) in [6.45, 7) is 1.51. The Morgan fingerprint density at radius 3 is 2.54 bits per heavy atom. The lowest BCUT2D eigenvalue weighted by molar-refractivity contribution is -0.119. The zero-order chi connectivity index (χ0) is 19.9. The van der Waals surface area contributed by atoms with Gasteiger partial charge in [0.1, 0.15) is 10.9 Å². The van der Waals surface area contributed by atoms with Crippen molar-refractivity contribution in [3.05, 3.63) is 83.1 Å². The SMILES string of the molecule is Cc1ccc(Oc2ccccc2NC(=O)COC(=O)c2cccnc2Cl)cc1. The van der Waals surface area contributed by atoms with Crippen molar-refractivity contribution in [3.63, 3.8) is 0 Å². The van der Waals surface area contributed by atoms with Crippen LogP contribution in [0.3, 0.4) is 0 Å². The molecule has 0 saturated carbocycles. The number of amides is 1. The molecule has 1 heterocycles.